The van der Waals surface area contributed by atoms with E-state index in [1.807, 2.05) is 66.7 Å². The molecule has 0 saturated heterocycles. The van der Waals surface area contributed by atoms with Crippen LogP contribution in [-0.2, 0) is 0 Å². The third kappa shape index (κ3) is 5.01. The molecule has 0 saturated carbocycles. The first-order chi connectivity index (χ1) is 10.3. The Hall–Kier alpha value is -2.19. The largest absolute Gasteiger partial charge is 0.388 e. The minimum Gasteiger partial charge on any atom is -0.388 e. The Kier molecular flexibility index (Phi) is 5.92. The molecule has 0 aliphatic heterocycles. The number of hydrogen-bond acceptors (Lipinski definition) is 2. The third-order valence-electron chi connectivity index (χ3n) is 3.36. The Morgan fingerprint density at radius 1 is 1.00 bits per heavy atom. The van der Waals surface area contributed by atoms with E-state index < -0.39 is 6.10 Å². The maximum atomic E-state index is 11.8. The molecule has 2 nitrogen and oxygen atoms in total. The quantitative estimate of drug-likeness (QED) is 0.465. The van der Waals surface area contributed by atoms with Crippen LogP contribution >= 0.6 is 0 Å². The first-order valence-corrected chi connectivity index (χ1v) is 7.26. The van der Waals surface area contributed by atoms with E-state index in [-0.39, 0.29) is 5.78 Å². The van der Waals surface area contributed by atoms with Crippen LogP contribution in [0.15, 0.2) is 72.8 Å². The van der Waals surface area contributed by atoms with Crippen LogP contribution in [0, 0.1) is 0 Å². The van der Waals surface area contributed by atoms with Gasteiger partial charge in [0.25, 0.3) is 0 Å². The number of allylic oxidation sites excluding steroid dienone is 2. The summed E-state index contributed by atoms with van der Waals surface area (Å²) in [6, 6.07) is 18.9. The summed E-state index contributed by atoms with van der Waals surface area (Å²) in [5.74, 6) is 0.0270. The molecule has 1 atom stereocenters. The average Bonchev–Trinajstić information content (AvgIpc) is 2.55. The smallest absolute Gasteiger partial charge is 0.185 e. The number of unbranched alkanes of at least 4 members (excludes halogenated alkanes) is 1. The maximum Gasteiger partial charge on any atom is 0.185 e. The lowest BCUT2D eigenvalue weighted by atomic mass is 10.0. The average molecular weight is 280 g/mol. The SMILES string of the molecule is O=C(/C=C/CCC[C@@H](O)c1ccccc1)c1ccccc1. The number of aliphatic hydroxyl groups is 1. The molecule has 21 heavy (non-hydrogen) atoms. The van der Waals surface area contributed by atoms with E-state index in [0.717, 1.165) is 18.4 Å². The predicted octanol–water partition coefficient (Wildman–Crippen LogP) is 4.33. The van der Waals surface area contributed by atoms with Crippen LogP contribution in [0.4, 0.5) is 0 Å². The monoisotopic (exact) mass is 280 g/mol. The summed E-state index contributed by atoms with van der Waals surface area (Å²) in [4.78, 5) is 11.8. The van der Waals surface area contributed by atoms with E-state index in [1.165, 1.54) is 0 Å². The van der Waals surface area contributed by atoms with Crippen molar-refractivity contribution in [3.05, 3.63) is 83.9 Å². The molecule has 0 bridgehead atoms. The van der Waals surface area contributed by atoms with Crippen LogP contribution in [0.1, 0.15) is 41.3 Å². The molecular weight excluding hydrogens is 260 g/mol. The molecule has 2 heteroatoms. The van der Waals surface area contributed by atoms with Gasteiger partial charge in [-0.25, -0.2) is 0 Å². The second-order valence-electron chi connectivity index (χ2n) is 4.99. The van der Waals surface area contributed by atoms with E-state index in [1.54, 1.807) is 6.08 Å². The summed E-state index contributed by atoms with van der Waals surface area (Å²) in [5.41, 5.74) is 1.65. The van der Waals surface area contributed by atoms with Gasteiger partial charge >= 0.3 is 0 Å². The van der Waals surface area contributed by atoms with Gasteiger partial charge in [-0.15, -0.1) is 0 Å². The molecule has 0 spiro atoms. The van der Waals surface area contributed by atoms with E-state index in [4.69, 9.17) is 0 Å². The second kappa shape index (κ2) is 8.18. The number of carbonyl (C=O) groups excluding carboxylic acids is 1. The highest BCUT2D eigenvalue weighted by Crippen LogP contribution is 2.18. The van der Waals surface area contributed by atoms with Crippen LogP contribution in [0.25, 0.3) is 0 Å². The fraction of sp³-hybridized carbons (Fsp3) is 0.211. The summed E-state index contributed by atoms with van der Waals surface area (Å²) < 4.78 is 0. The molecule has 1 N–H and O–H groups in total. The summed E-state index contributed by atoms with van der Waals surface area (Å²) in [7, 11) is 0. The summed E-state index contributed by atoms with van der Waals surface area (Å²) >= 11 is 0. The molecule has 0 unspecified atom stereocenters. The van der Waals surface area contributed by atoms with Crippen molar-refractivity contribution in [2.45, 2.75) is 25.4 Å². The van der Waals surface area contributed by atoms with E-state index in [9.17, 15) is 9.90 Å². The molecule has 0 aromatic heterocycles. The Morgan fingerprint density at radius 2 is 1.62 bits per heavy atom. The van der Waals surface area contributed by atoms with E-state index >= 15 is 0 Å². The van der Waals surface area contributed by atoms with Gasteiger partial charge in [-0.05, 0) is 30.9 Å². The van der Waals surface area contributed by atoms with Crippen LogP contribution in [0.5, 0.6) is 0 Å². The van der Waals surface area contributed by atoms with Gasteiger partial charge in [0.2, 0.25) is 0 Å². The fourth-order valence-corrected chi connectivity index (χ4v) is 2.16. The van der Waals surface area contributed by atoms with Crippen molar-refractivity contribution in [1.29, 1.82) is 0 Å². The minimum absolute atomic E-state index is 0.0270. The number of aliphatic hydroxyl groups excluding tert-OH is 1. The third-order valence-corrected chi connectivity index (χ3v) is 3.36. The Morgan fingerprint density at radius 3 is 2.29 bits per heavy atom. The number of benzene rings is 2. The molecule has 0 heterocycles. The molecule has 2 aromatic rings. The highest BCUT2D eigenvalue weighted by Gasteiger charge is 2.05. The van der Waals surface area contributed by atoms with Crippen molar-refractivity contribution in [3.63, 3.8) is 0 Å². The number of hydrogen-bond donors (Lipinski definition) is 1. The molecular formula is C19H20O2. The first kappa shape index (κ1) is 15.2. The van der Waals surface area contributed by atoms with Crippen molar-refractivity contribution < 1.29 is 9.90 Å². The molecule has 2 rings (SSSR count). The Labute approximate surface area is 125 Å². The summed E-state index contributed by atoms with van der Waals surface area (Å²) in [6.45, 7) is 0. The molecule has 108 valence electrons. The maximum absolute atomic E-state index is 11.8. The highest BCUT2D eigenvalue weighted by atomic mass is 16.3. The predicted molar refractivity (Wildman–Crippen MR) is 85.2 cm³/mol. The first-order valence-electron chi connectivity index (χ1n) is 7.26. The van der Waals surface area contributed by atoms with Crippen LogP contribution in [-0.4, -0.2) is 10.9 Å². The summed E-state index contributed by atoms with van der Waals surface area (Å²) in [6.07, 6.45) is 5.42. The van der Waals surface area contributed by atoms with Gasteiger partial charge in [0.15, 0.2) is 5.78 Å². The van der Waals surface area contributed by atoms with E-state index in [0.29, 0.717) is 12.0 Å². The zero-order valence-corrected chi connectivity index (χ0v) is 12.0. The number of rotatable bonds is 7. The van der Waals surface area contributed by atoms with Crippen molar-refractivity contribution >= 4 is 5.78 Å². The standard InChI is InChI=1S/C19H20O2/c20-18(16-10-4-1-5-11-16)14-8-3-9-15-19(21)17-12-6-2-7-13-17/h1-2,4-8,10-14,19,21H,3,9,15H2/b14-8+/t19-/m1/s1. The molecule has 0 amide bonds. The number of ketones is 1. The van der Waals surface area contributed by atoms with Gasteiger partial charge in [-0.1, -0.05) is 66.7 Å². The van der Waals surface area contributed by atoms with E-state index in [2.05, 4.69) is 0 Å². The van der Waals surface area contributed by atoms with Gasteiger partial charge in [0.05, 0.1) is 6.10 Å². The van der Waals surface area contributed by atoms with Crippen molar-refractivity contribution in [2.24, 2.45) is 0 Å². The zero-order valence-electron chi connectivity index (χ0n) is 12.0. The Bertz CT molecular complexity index is 573. The Balaban J connectivity index is 1.72. The van der Waals surface area contributed by atoms with Crippen molar-refractivity contribution in [3.8, 4) is 0 Å². The molecule has 0 aliphatic rings. The van der Waals surface area contributed by atoms with Crippen molar-refractivity contribution in [1.82, 2.24) is 0 Å². The van der Waals surface area contributed by atoms with Gasteiger partial charge in [-0.2, -0.15) is 0 Å². The van der Waals surface area contributed by atoms with Gasteiger partial charge < -0.3 is 5.11 Å². The van der Waals surface area contributed by atoms with Gasteiger partial charge in [0.1, 0.15) is 0 Å². The normalized spacial score (nSPS) is 12.4. The van der Waals surface area contributed by atoms with Gasteiger partial charge in [0, 0.05) is 5.56 Å². The minimum atomic E-state index is -0.426. The van der Waals surface area contributed by atoms with Gasteiger partial charge in [-0.3, -0.25) is 4.79 Å². The van der Waals surface area contributed by atoms with Crippen LogP contribution in [0.2, 0.25) is 0 Å². The number of carbonyl (C=O) groups is 1. The van der Waals surface area contributed by atoms with Crippen molar-refractivity contribution in [2.75, 3.05) is 0 Å². The lowest BCUT2D eigenvalue weighted by Crippen LogP contribution is -1.96. The lowest BCUT2D eigenvalue weighted by Gasteiger charge is -2.09. The zero-order chi connectivity index (χ0) is 14.9. The molecule has 0 fully saturated rings. The highest BCUT2D eigenvalue weighted by molar-refractivity contribution is 6.04. The van der Waals surface area contributed by atoms with Crippen LogP contribution in [0.3, 0.4) is 0 Å². The fourth-order valence-electron chi connectivity index (χ4n) is 2.16. The molecule has 0 radical (unpaired) electrons. The topological polar surface area (TPSA) is 37.3 Å². The van der Waals surface area contributed by atoms with Crippen LogP contribution < -0.4 is 0 Å². The molecule has 2 aromatic carbocycles. The molecule has 0 aliphatic carbocycles. The second-order valence-corrected chi connectivity index (χ2v) is 4.99. The summed E-state index contributed by atoms with van der Waals surface area (Å²) in [5, 5.41) is 10.0. The lowest BCUT2D eigenvalue weighted by molar-refractivity contribution is 0.104.